The number of rotatable bonds is 6. The van der Waals surface area contributed by atoms with Crippen LogP contribution in [0.2, 0.25) is 0 Å². The minimum absolute atomic E-state index is 0.105. The first-order chi connectivity index (χ1) is 12.7. The summed E-state index contributed by atoms with van der Waals surface area (Å²) in [7, 11) is 1.65. The molecule has 0 atom stereocenters. The van der Waals surface area contributed by atoms with Crippen molar-refractivity contribution in [1.82, 2.24) is 14.8 Å². The smallest absolute Gasteiger partial charge is 0.272 e. The van der Waals surface area contributed by atoms with Gasteiger partial charge in [0.05, 0.1) is 19.0 Å². The third kappa shape index (κ3) is 4.11. The molecule has 7 heteroatoms. The van der Waals surface area contributed by atoms with E-state index in [2.05, 4.69) is 10.3 Å². The minimum Gasteiger partial charge on any atom is -0.496 e. The summed E-state index contributed by atoms with van der Waals surface area (Å²) >= 11 is 0. The van der Waals surface area contributed by atoms with Crippen molar-refractivity contribution in [2.75, 3.05) is 38.6 Å². The van der Waals surface area contributed by atoms with Crippen molar-refractivity contribution in [3.8, 4) is 5.75 Å². The fourth-order valence-electron chi connectivity index (χ4n) is 2.86. The predicted molar refractivity (Wildman–Crippen MR) is 98.1 cm³/mol. The lowest BCUT2D eigenvalue weighted by atomic mass is 10.2. The maximum atomic E-state index is 12.5. The highest BCUT2D eigenvalue weighted by Gasteiger charge is 2.22. The number of aromatic nitrogens is 1. The first-order valence-electron chi connectivity index (χ1n) is 8.51. The van der Waals surface area contributed by atoms with E-state index in [9.17, 15) is 9.59 Å². The molecular formula is C19H22N4O3. The number of nitrogens with zero attached hydrogens (tertiary/aromatic N) is 3. The molecule has 2 amide bonds. The summed E-state index contributed by atoms with van der Waals surface area (Å²) in [6, 6.07) is 11.4. The van der Waals surface area contributed by atoms with E-state index in [1.165, 1.54) is 0 Å². The molecule has 0 radical (unpaired) electrons. The molecule has 1 aromatic heterocycles. The lowest BCUT2D eigenvalue weighted by Crippen LogP contribution is -2.48. The molecule has 136 valence electrons. The highest BCUT2D eigenvalue weighted by molar-refractivity contribution is 5.92. The number of ether oxygens (including phenoxy) is 1. The third-order valence-electron chi connectivity index (χ3n) is 4.41. The number of carbonyl (C=O) groups is 2. The highest BCUT2D eigenvalue weighted by Crippen LogP contribution is 2.19. The monoisotopic (exact) mass is 354 g/mol. The van der Waals surface area contributed by atoms with E-state index >= 15 is 0 Å². The molecule has 1 aromatic carbocycles. The van der Waals surface area contributed by atoms with Crippen LogP contribution in [0.3, 0.4) is 0 Å². The lowest BCUT2D eigenvalue weighted by molar-refractivity contribution is -0.119. The predicted octanol–water partition coefficient (Wildman–Crippen LogP) is 1.62. The van der Waals surface area contributed by atoms with Crippen molar-refractivity contribution < 1.29 is 14.3 Å². The van der Waals surface area contributed by atoms with Crippen LogP contribution in [0.25, 0.3) is 0 Å². The number of para-hydroxylation sites is 1. The molecule has 0 spiro atoms. The van der Waals surface area contributed by atoms with Crippen LogP contribution in [0.15, 0.2) is 42.6 Å². The Morgan fingerprint density at radius 1 is 1.19 bits per heavy atom. The molecule has 0 unspecified atom stereocenters. The van der Waals surface area contributed by atoms with Gasteiger partial charge < -0.3 is 19.9 Å². The topological polar surface area (TPSA) is 74.8 Å². The summed E-state index contributed by atoms with van der Waals surface area (Å²) in [5.41, 5.74) is 2.29. The summed E-state index contributed by atoms with van der Waals surface area (Å²) in [6.45, 7) is 2.80. The van der Waals surface area contributed by atoms with Crippen LogP contribution in [0.4, 0.5) is 5.69 Å². The lowest BCUT2D eigenvalue weighted by Gasteiger charge is -2.32. The standard InChI is InChI=1S/C19H22N4O3/c1-26-18-5-3-2-4-15(18)12-20-16-6-7-17(21-13-16)19(25)23-10-8-22(14-24)9-11-23/h2-7,13-14,20H,8-12H2,1H3. The van der Waals surface area contributed by atoms with E-state index in [-0.39, 0.29) is 5.91 Å². The normalized spacial score (nSPS) is 14.0. The second-order valence-corrected chi connectivity index (χ2v) is 6.03. The van der Waals surface area contributed by atoms with Crippen LogP contribution >= 0.6 is 0 Å². The summed E-state index contributed by atoms with van der Waals surface area (Å²) in [4.78, 5) is 30.9. The zero-order valence-electron chi connectivity index (χ0n) is 14.7. The van der Waals surface area contributed by atoms with Gasteiger partial charge in [-0.25, -0.2) is 4.98 Å². The highest BCUT2D eigenvalue weighted by atomic mass is 16.5. The summed E-state index contributed by atoms with van der Waals surface area (Å²) in [5, 5.41) is 3.28. The number of benzene rings is 1. The SMILES string of the molecule is COc1ccccc1CNc1ccc(C(=O)N2CCN(C=O)CC2)nc1. The molecule has 0 saturated carbocycles. The third-order valence-corrected chi connectivity index (χ3v) is 4.41. The molecule has 3 rings (SSSR count). The van der Waals surface area contributed by atoms with E-state index < -0.39 is 0 Å². The van der Waals surface area contributed by atoms with Crippen molar-refractivity contribution in [3.05, 3.63) is 53.9 Å². The van der Waals surface area contributed by atoms with Gasteiger partial charge in [-0.2, -0.15) is 0 Å². The Morgan fingerprint density at radius 2 is 1.96 bits per heavy atom. The van der Waals surface area contributed by atoms with E-state index in [0.717, 1.165) is 23.4 Å². The molecule has 1 saturated heterocycles. The first-order valence-corrected chi connectivity index (χ1v) is 8.51. The second-order valence-electron chi connectivity index (χ2n) is 6.03. The zero-order chi connectivity index (χ0) is 18.4. The maximum Gasteiger partial charge on any atom is 0.272 e. The molecule has 1 N–H and O–H groups in total. The number of pyridine rings is 1. The van der Waals surface area contributed by atoms with Gasteiger partial charge >= 0.3 is 0 Å². The Bertz CT molecular complexity index is 756. The number of anilines is 1. The molecule has 1 fully saturated rings. The van der Waals surface area contributed by atoms with E-state index in [1.54, 1.807) is 29.2 Å². The summed E-state index contributed by atoms with van der Waals surface area (Å²) < 4.78 is 5.34. The number of hydrogen-bond acceptors (Lipinski definition) is 5. The molecule has 1 aliphatic rings. The fourth-order valence-corrected chi connectivity index (χ4v) is 2.86. The van der Waals surface area contributed by atoms with Gasteiger partial charge in [-0.05, 0) is 18.2 Å². The number of hydrogen-bond donors (Lipinski definition) is 1. The average Bonchev–Trinajstić information content (AvgIpc) is 2.72. The number of piperazine rings is 1. The number of nitrogens with one attached hydrogen (secondary N) is 1. The van der Waals surface area contributed by atoms with Crippen LogP contribution in [0.1, 0.15) is 16.1 Å². The molecule has 2 heterocycles. The first kappa shape index (κ1) is 17.7. The van der Waals surface area contributed by atoms with Crippen molar-refractivity contribution >= 4 is 18.0 Å². The second kappa shape index (κ2) is 8.33. The molecule has 2 aromatic rings. The van der Waals surface area contributed by atoms with Crippen LogP contribution in [-0.2, 0) is 11.3 Å². The van der Waals surface area contributed by atoms with Gasteiger partial charge in [0.15, 0.2) is 0 Å². The zero-order valence-corrected chi connectivity index (χ0v) is 14.7. The van der Waals surface area contributed by atoms with Gasteiger partial charge in [0, 0.05) is 38.3 Å². The van der Waals surface area contributed by atoms with Gasteiger partial charge in [0.2, 0.25) is 6.41 Å². The van der Waals surface area contributed by atoms with Crippen LogP contribution in [-0.4, -0.2) is 60.4 Å². The number of methoxy groups -OCH3 is 1. The van der Waals surface area contributed by atoms with Crippen LogP contribution in [0.5, 0.6) is 5.75 Å². The Labute approximate surface area is 152 Å². The molecule has 26 heavy (non-hydrogen) atoms. The molecule has 0 aliphatic carbocycles. The average molecular weight is 354 g/mol. The fraction of sp³-hybridized carbons (Fsp3) is 0.316. The Balaban J connectivity index is 1.58. The Morgan fingerprint density at radius 3 is 2.62 bits per heavy atom. The van der Waals surface area contributed by atoms with Crippen LogP contribution in [0, 0.1) is 0 Å². The van der Waals surface area contributed by atoms with Gasteiger partial charge in [-0.15, -0.1) is 0 Å². The molecule has 0 bridgehead atoms. The molecule has 1 aliphatic heterocycles. The van der Waals surface area contributed by atoms with E-state index in [0.29, 0.717) is 38.4 Å². The summed E-state index contributed by atoms with van der Waals surface area (Å²) in [6.07, 6.45) is 2.48. The minimum atomic E-state index is -0.105. The van der Waals surface area contributed by atoms with Crippen molar-refractivity contribution in [3.63, 3.8) is 0 Å². The van der Waals surface area contributed by atoms with Gasteiger partial charge in [0.1, 0.15) is 11.4 Å². The van der Waals surface area contributed by atoms with E-state index in [1.807, 2.05) is 30.3 Å². The quantitative estimate of drug-likeness (QED) is 0.798. The van der Waals surface area contributed by atoms with Gasteiger partial charge in [-0.3, -0.25) is 9.59 Å². The van der Waals surface area contributed by atoms with Gasteiger partial charge in [-0.1, -0.05) is 18.2 Å². The van der Waals surface area contributed by atoms with Gasteiger partial charge in [0.25, 0.3) is 5.91 Å². The van der Waals surface area contributed by atoms with Crippen molar-refractivity contribution in [2.45, 2.75) is 6.54 Å². The maximum absolute atomic E-state index is 12.5. The number of carbonyl (C=O) groups excluding carboxylic acids is 2. The van der Waals surface area contributed by atoms with Crippen molar-refractivity contribution in [2.24, 2.45) is 0 Å². The summed E-state index contributed by atoms with van der Waals surface area (Å²) in [5.74, 6) is 0.723. The molecule has 7 nitrogen and oxygen atoms in total. The molecular weight excluding hydrogens is 332 g/mol. The van der Waals surface area contributed by atoms with E-state index in [4.69, 9.17) is 4.74 Å². The Kier molecular flexibility index (Phi) is 5.68. The Hall–Kier alpha value is -3.09. The van der Waals surface area contributed by atoms with Crippen molar-refractivity contribution in [1.29, 1.82) is 0 Å². The largest absolute Gasteiger partial charge is 0.496 e. The number of amides is 2. The van der Waals surface area contributed by atoms with Crippen LogP contribution < -0.4 is 10.1 Å².